The van der Waals surface area contributed by atoms with Crippen LogP contribution in [-0.2, 0) is 25.7 Å². The zero-order chi connectivity index (χ0) is 37.6. The van der Waals surface area contributed by atoms with E-state index in [4.69, 9.17) is 9.71 Å². The van der Waals surface area contributed by atoms with Crippen LogP contribution in [0.25, 0.3) is 31.8 Å². The third-order valence-corrected chi connectivity index (χ3v) is 11.4. The first kappa shape index (κ1) is 35.8. The molecular formula is C38H32N4O8S2+2. The summed E-state index contributed by atoms with van der Waals surface area (Å²) >= 11 is 0. The molecule has 0 bridgehead atoms. The molecule has 52 heavy (non-hydrogen) atoms. The lowest BCUT2D eigenvalue weighted by molar-refractivity contribution is -0.117. The van der Waals surface area contributed by atoms with Gasteiger partial charge in [0.25, 0.3) is 15.9 Å². The SMILES string of the molecule is CC(C)CC(C)(c1ccc(OS(=O)(=O)C2=CC(=[N+]=N)C(=O)c3ccccc32)cc1)c1ccc(-c2c([N+]#N)c(O)c3ccccc3c2S(=O)(=O)O)cc1. The van der Waals surface area contributed by atoms with E-state index >= 15 is 0 Å². The van der Waals surface area contributed by atoms with Gasteiger partial charge in [0, 0.05) is 27.3 Å². The minimum Gasteiger partial charge on any atom is -0.501 e. The van der Waals surface area contributed by atoms with Crippen LogP contribution in [0.2, 0.25) is 0 Å². The maximum absolute atomic E-state index is 13.5. The molecule has 0 aliphatic heterocycles. The van der Waals surface area contributed by atoms with Crippen molar-refractivity contribution in [2.75, 3.05) is 0 Å². The molecule has 1 aliphatic carbocycles. The van der Waals surface area contributed by atoms with Crippen molar-refractivity contribution in [2.24, 2.45) is 5.92 Å². The van der Waals surface area contributed by atoms with E-state index in [1.807, 2.05) is 6.92 Å². The Kier molecular flexibility index (Phi) is 9.16. The van der Waals surface area contributed by atoms with Gasteiger partial charge in [-0.1, -0.05) is 106 Å². The molecule has 0 amide bonds. The van der Waals surface area contributed by atoms with Crippen LogP contribution >= 0.6 is 0 Å². The fraction of sp³-hybridized carbons (Fsp3) is 0.158. The Morgan fingerprint density at radius 3 is 1.96 bits per heavy atom. The minimum atomic E-state index is -4.87. The number of fused-ring (bicyclic) bond motifs is 2. The average molecular weight is 737 g/mol. The lowest BCUT2D eigenvalue weighted by Crippen LogP contribution is -2.26. The highest BCUT2D eigenvalue weighted by molar-refractivity contribution is 7.96. The Labute approximate surface area is 299 Å². The number of phenolic OH excluding ortho intramolecular Hbond substituents is 1. The second-order valence-electron chi connectivity index (χ2n) is 13.0. The molecule has 1 atom stereocenters. The molecule has 0 fully saturated rings. The van der Waals surface area contributed by atoms with Gasteiger partial charge < -0.3 is 9.29 Å². The number of benzene rings is 5. The van der Waals surface area contributed by atoms with Crippen LogP contribution in [-0.4, -0.2) is 42.8 Å². The molecule has 14 heteroatoms. The molecule has 5 aromatic rings. The van der Waals surface area contributed by atoms with Crippen LogP contribution in [0.1, 0.15) is 54.2 Å². The third kappa shape index (κ3) is 6.27. The van der Waals surface area contributed by atoms with Gasteiger partial charge in [-0.25, -0.2) is 0 Å². The fourth-order valence-electron chi connectivity index (χ4n) is 6.87. The average Bonchev–Trinajstić information content (AvgIpc) is 3.11. The van der Waals surface area contributed by atoms with Crippen molar-refractivity contribution < 1.29 is 40.3 Å². The van der Waals surface area contributed by atoms with Crippen LogP contribution in [0.15, 0.2) is 108 Å². The van der Waals surface area contributed by atoms with E-state index in [1.165, 1.54) is 36.4 Å². The van der Waals surface area contributed by atoms with Crippen LogP contribution in [0, 0.1) is 16.8 Å². The molecule has 12 nitrogen and oxygen atoms in total. The number of ketones is 1. The van der Waals surface area contributed by atoms with Crippen molar-refractivity contribution >= 4 is 53.1 Å². The number of rotatable bonds is 9. The van der Waals surface area contributed by atoms with E-state index in [-0.39, 0.29) is 55.3 Å². The van der Waals surface area contributed by atoms with Crippen LogP contribution in [0.4, 0.5) is 5.69 Å². The molecule has 0 heterocycles. The highest BCUT2D eigenvalue weighted by Crippen LogP contribution is 2.49. The number of hydrogen-bond donors (Lipinski definition) is 3. The van der Waals surface area contributed by atoms with Gasteiger partial charge in [-0.15, -0.1) is 0 Å². The van der Waals surface area contributed by atoms with E-state index in [0.717, 1.165) is 17.2 Å². The monoisotopic (exact) mass is 736 g/mol. The van der Waals surface area contributed by atoms with Gasteiger partial charge in [0.2, 0.25) is 11.1 Å². The van der Waals surface area contributed by atoms with Gasteiger partial charge in [0.1, 0.15) is 21.1 Å². The highest BCUT2D eigenvalue weighted by Gasteiger charge is 2.38. The summed E-state index contributed by atoms with van der Waals surface area (Å²) in [5.74, 6) is -0.816. The molecule has 0 radical (unpaired) electrons. The maximum Gasteiger partial charge on any atom is 0.435 e. The molecular weight excluding hydrogens is 705 g/mol. The quantitative estimate of drug-likeness (QED) is 0.0442. The van der Waals surface area contributed by atoms with Crippen molar-refractivity contribution in [1.29, 1.82) is 10.9 Å². The van der Waals surface area contributed by atoms with Gasteiger partial charge in [-0.2, -0.15) is 16.8 Å². The predicted octanol–water partition coefficient (Wildman–Crippen LogP) is 7.92. The summed E-state index contributed by atoms with van der Waals surface area (Å²) in [6.45, 7) is 6.12. The number of carbonyl (C=O) groups is 1. The molecule has 6 rings (SSSR count). The number of hydrogen-bond acceptors (Lipinski definition) is 9. The van der Waals surface area contributed by atoms with E-state index in [9.17, 15) is 36.7 Å². The van der Waals surface area contributed by atoms with Crippen molar-refractivity contribution in [2.45, 2.75) is 37.5 Å². The van der Waals surface area contributed by atoms with E-state index in [2.05, 4.69) is 23.6 Å². The molecule has 0 saturated heterocycles. The standard InChI is InChI=1S/C38H30N4O8S2/c1-22(2)21-38(3,24-14-12-23(13-15-24)33-34(42-40)36(44)29-10-6-7-11-30(29)37(33)51(45,46)47)25-16-18-26(19-17-25)50-52(48,49)32-20-31(41-39)35(43)28-9-5-4-8-27(28)32/h4-20,22,39H,21H2,1-3H3/p+2. The van der Waals surface area contributed by atoms with Gasteiger partial charge in [-0.05, 0) is 41.2 Å². The molecule has 262 valence electrons. The Morgan fingerprint density at radius 1 is 0.846 bits per heavy atom. The smallest absolute Gasteiger partial charge is 0.435 e. The summed E-state index contributed by atoms with van der Waals surface area (Å²) in [5, 5.41) is 21.0. The highest BCUT2D eigenvalue weighted by atomic mass is 32.2. The summed E-state index contributed by atoms with van der Waals surface area (Å²) in [6.07, 6.45) is 1.67. The van der Waals surface area contributed by atoms with E-state index in [0.29, 0.717) is 6.42 Å². The maximum atomic E-state index is 13.5. The van der Waals surface area contributed by atoms with Crippen molar-refractivity contribution in [3.8, 4) is 22.6 Å². The summed E-state index contributed by atoms with van der Waals surface area (Å²) in [7, 11) is -9.33. The molecule has 1 aliphatic rings. The second kappa shape index (κ2) is 13.3. The Bertz CT molecular complexity index is 2640. The summed E-state index contributed by atoms with van der Waals surface area (Å²) < 4.78 is 68.3. The predicted molar refractivity (Wildman–Crippen MR) is 194 cm³/mol. The van der Waals surface area contributed by atoms with E-state index in [1.54, 1.807) is 60.7 Å². The van der Waals surface area contributed by atoms with Gasteiger partial charge in [-0.3, -0.25) is 9.35 Å². The molecule has 3 N–H and O–H groups in total. The molecule has 0 aromatic heterocycles. The topological polar surface area (TPSA) is 201 Å². The number of phenols is 1. The normalized spacial score (nSPS) is 14.3. The van der Waals surface area contributed by atoms with Crippen LogP contribution in [0.5, 0.6) is 11.5 Å². The number of Topliss-reactive ketones (excluding diaryl/α,β-unsaturated/α-hetero) is 1. The van der Waals surface area contributed by atoms with Crippen LogP contribution < -0.4 is 4.18 Å². The minimum absolute atomic E-state index is 0.0137. The first-order valence-corrected chi connectivity index (χ1v) is 18.8. The summed E-state index contributed by atoms with van der Waals surface area (Å²) in [6, 6.07) is 25.4. The number of nitrogens with zero attached hydrogens (tertiary/aromatic N) is 3. The second-order valence-corrected chi connectivity index (χ2v) is 15.8. The van der Waals surface area contributed by atoms with Gasteiger partial charge in [0.05, 0.1) is 16.4 Å². The number of allylic oxidation sites excluding steroid dienone is 1. The number of aromatic hydroxyl groups is 1. The Balaban J connectivity index is 1.38. The van der Waals surface area contributed by atoms with Crippen molar-refractivity contribution in [3.63, 3.8) is 0 Å². The van der Waals surface area contributed by atoms with Crippen molar-refractivity contribution in [3.05, 3.63) is 130 Å². The number of carbonyl (C=O) groups excluding carboxylic acids is 1. The van der Waals surface area contributed by atoms with E-state index < -0.39 is 47.8 Å². The van der Waals surface area contributed by atoms with Gasteiger partial charge in [0.15, 0.2) is 4.98 Å². The third-order valence-electron chi connectivity index (χ3n) is 9.12. The first-order valence-electron chi connectivity index (χ1n) is 16.0. The first-order chi connectivity index (χ1) is 24.6. The number of nitrogens with one attached hydrogen (secondary N) is 1. The molecule has 0 saturated carbocycles. The molecule has 5 aromatic carbocycles. The fourth-order valence-corrected chi connectivity index (χ4v) is 8.96. The lowest BCUT2D eigenvalue weighted by Gasteiger charge is -2.33. The van der Waals surface area contributed by atoms with Gasteiger partial charge >= 0.3 is 21.5 Å². The zero-order valence-corrected chi connectivity index (χ0v) is 29.7. The molecule has 0 spiro atoms. The molecule has 1 unspecified atom stereocenters. The number of diazo groups is 1. The largest absolute Gasteiger partial charge is 0.501 e. The van der Waals surface area contributed by atoms with Crippen molar-refractivity contribution in [1.82, 2.24) is 0 Å². The Morgan fingerprint density at radius 2 is 1.40 bits per heavy atom. The summed E-state index contributed by atoms with van der Waals surface area (Å²) in [4.78, 5) is 18.2. The lowest BCUT2D eigenvalue weighted by atomic mass is 9.71. The summed E-state index contributed by atoms with van der Waals surface area (Å²) in [5.41, 5.74) is 7.88. The van der Waals surface area contributed by atoms with Crippen LogP contribution in [0.3, 0.4) is 0 Å². The Hall–Kier alpha value is -5.97. The zero-order valence-electron chi connectivity index (χ0n) is 28.1.